The molecule has 0 atom stereocenters. The van der Waals surface area contributed by atoms with E-state index in [2.05, 4.69) is 26.1 Å². The Kier molecular flexibility index (Phi) is 4.03. The zero-order chi connectivity index (χ0) is 13.2. The first-order valence-electron chi connectivity index (χ1n) is 6.30. The van der Waals surface area contributed by atoms with Crippen LogP contribution in [0.5, 0.6) is 11.5 Å². The lowest BCUT2D eigenvalue weighted by molar-refractivity contribution is 0.174. The zero-order valence-corrected chi connectivity index (χ0v) is 11.9. The van der Waals surface area contributed by atoms with Crippen molar-refractivity contribution in [2.24, 2.45) is 5.41 Å². The van der Waals surface area contributed by atoms with Crippen LogP contribution in [-0.2, 0) is 6.54 Å². The molecule has 0 aliphatic carbocycles. The van der Waals surface area contributed by atoms with Gasteiger partial charge in [-0.1, -0.05) is 32.4 Å². The molecule has 1 aliphatic heterocycles. The highest BCUT2D eigenvalue weighted by molar-refractivity contribution is 6.32. The minimum Gasteiger partial charge on any atom is -0.454 e. The average molecular weight is 270 g/mol. The van der Waals surface area contributed by atoms with Crippen molar-refractivity contribution in [1.82, 2.24) is 5.32 Å². The van der Waals surface area contributed by atoms with Crippen LogP contribution < -0.4 is 14.8 Å². The summed E-state index contributed by atoms with van der Waals surface area (Å²) in [6.45, 7) is 8.75. The van der Waals surface area contributed by atoms with Gasteiger partial charge >= 0.3 is 0 Å². The maximum absolute atomic E-state index is 6.14. The van der Waals surface area contributed by atoms with Gasteiger partial charge in [-0.15, -0.1) is 0 Å². The molecule has 18 heavy (non-hydrogen) atoms. The molecule has 1 aliphatic rings. The second-order valence-electron chi connectivity index (χ2n) is 5.43. The van der Waals surface area contributed by atoms with E-state index in [0.717, 1.165) is 30.8 Å². The van der Waals surface area contributed by atoms with E-state index in [1.165, 1.54) is 0 Å². The number of hydrogen-bond acceptors (Lipinski definition) is 3. The summed E-state index contributed by atoms with van der Waals surface area (Å²) < 4.78 is 10.6. The van der Waals surface area contributed by atoms with E-state index in [1.54, 1.807) is 0 Å². The zero-order valence-electron chi connectivity index (χ0n) is 11.2. The minimum absolute atomic E-state index is 0.259. The first-order chi connectivity index (χ1) is 8.52. The topological polar surface area (TPSA) is 30.5 Å². The van der Waals surface area contributed by atoms with Gasteiger partial charge in [0.05, 0.1) is 5.02 Å². The van der Waals surface area contributed by atoms with Gasteiger partial charge in [0.2, 0.25) is 6.79 Å². The summed E-state index contributed by atoms with van der Waals surface area (Å²) in [5.41, 5.74) is 1.44. The first-order valence-corrected chi connectivity index (χ1v) is 6.68. The lowest BCUT2D eigenvalue weighted by Crippen LogP contribution is -2.28. The van der Waals surface area contributed by atoms with Crippen LogP contribution in [0.4, 0.5) is 0 Å². The van der Waals surface area contributed by atoms with Crippen LogP contribution >= 0.6 is 11.6 Å². The quantitative estimate of drug-likeness (QED) is 0.886. The third-order valence-corrected chi connectivity index (χ3v) is 3.66. The molecule has 1 heterocycles. The van der Waals surface area contributed by atoms with Gasteiger partial charge in [0, 0.05) is 13.1 Å². The summed E-state index contributed by atoms with van der Waals surface area (Å²) in [7, 11) is 0. The molecule has 1 N–H and O–H groups in total. The molecule has 0 radical (unpaired) electrons. The van der Waals surface area contributed by atoms with E-state index in [4.69, 9.17) is 21.1 Å². The highest BCUT2D eigenvalue weighted by atomic mass is 35.5. The number of ether oxygens (including phenoxy) is 2. The number of benzene rings is 1. The van der Waals surface area contributed by atoms with Gasteiger partial charge < -0.3 is 14.8 Å². The minimum atomic E-state index is 0.259. The monoisotopic (exact) mass is 269 g/mol. The molecule has 0 fully saturated rings. The molecule has 0 amide bonds. The molecule has 0 spiro atoms. The maximum atomic E-state index is 6.14. The van der Waals surface area contributed by atoms with Crippen molar-refractivity contribution in [3.05, 3.63) is 22.7 Å². The summed E-state index contributed by atoms with van der Waals surface area (Å²) in [6, 6.07) is 3.92. The van der Waals surface area contributed by atoms with Gasteiger partial charge in [0.15, 0.2) is 11.5 Å². The molecular weight excluding hydrogens is 250 g/mol. The third-order valence-electron chi connectivity index (χ3n) is 3.38. The van der Waals surface area contributed by atoms with Crippen LogP contribution in [0.3, 0.4) is 0 Å². The Bertz CT molecular complexity index is 432. The molecule has 0 bridgehead atoms. The van der Waals surface area contributed by atoms with Gasteiger partial charge in [-0.05, 0) is 29.5 Å². The summed E-state index contributed by atoms with van der Waals surface area (Å²) in [6.07, 6.45) is 1.15. The van der Waals surface area contributed by atoms with E-state index in [9.17, 15) is 0 Å². The SMILES string of the molecule is CCC(C)(C)CNCc1cc(Cl)c2c(c1)OCO2. The molecule has 1 aromatic rings. The Morgan fingerprint density at radius 3 is 2.83 bits per heavy atom. The molecule has 1 aromatic carbocycles. The summed E-state index contributed by atoms with van der Waals surface area (Å²) in [5.74, 6) is 1.41. The van der Waals surface area contributed by atoms with Crippen molar-refractivity contribution < 1.29 is 9.47 Å². The number of hydrogen-bond donors (Lipinski definition) is 1. The van der Waals surface area contributed by atoms with Gasteiger partial charge in [0.1, 0.15) is 0 Å². The van der Waals surface area contributed by atoms with Crippen molar-refractivity contribution in [1.29, 1.82) is 0 Å². The highest BCUT2D eigenvalue weighted by Crippen LogP contribution is 2.39. The van der Waals surface area contributed by atoms with Crippen LogP contribution in [0.15, 0.2) is 12.1 Å². The lowest BCUT2D eigenvalue weighted by atomic mass is 9.90. The van der Waals surface area contributed by atoms with E-state index in [-0.39, 0.29) is 6.79 Å². The van der Waals surface area contributed by atoms with Crippen molar-refractivity contribution in [3.8, 4) is 11.5 Å². The predicted octanol–water partition coefficient (Wildman–Crippen LogP) is 3.59. The molecule has 100 valence electrons. The van der Waals surface area contributed by atoms with Crippen LogP contribution in [0.1, 0.15) is 32.8 Å². The number of halogens is 1. The summed E-state index contributed by atoms with van der Waals surface area (Å²) in [4.78, 5) is 0. The van der Waals surface area contributed by atoms with Crippen molar-refractivity contribution in [3.63, 3.8) is 0 Å². The number of nitrogens with one attached hydrogen (secondary N) is 1. The third kappa shape index (κ3) is 3.09. The smallest absolute Gasteiger partial charge is 0.231 e. The van der Waals surface area contributed by atoms with Crippen molar-refractivity contribution >= 4 is 11.6 Å². The van der Waals surface area contributed by atoms with Crippen LogP contribution in [0.25, 0.3) is 0 Å². The maximum Gasteiger partial charge on any atom is 0.231 e. The van der Waals surface area contributed by atoms with Crippen LogP contribution in [-0.4, -0.2) is 13.3 Å². The van der Waals surface area contributed by atoms with Crippen molar-refractivity contribution in [2.45, 2.75) is 33.7 Å². The Morgan fingerprint density at radius 2 is 2.11 bits per heavy atom. The Labute approximate surface area is 113 Å². The standard InChI is InChI=1S/C14H20ClNO2/c1-4-14(2,3)8-16-7-10-5-11(15)13-12(6-10)17-9-18-13/h5-6,16H,4,7-9H2,1-3H3. The van der Waals surface area contributed by atoms with Gasteiger partial charge in [-0.3, -0.25) is 0 Å². The molecule has 0 unspecified atom stereocenters. The largest absolute Gasteiger partial charge is 0.454 e. The first kappa shape index (κ1) is 13.5. The predicted molar refractivity (Wildman–Crippen MR) is 73.4 cm³/mol. The van der Waals surface area contributed by atoms with E-state index < -0.39 is 0 Å². The fraction of sp³-hybridized carbons (Fsp3) is 0.571. The average Bonchev–Trinajstić information content (AvgIpc) is 2.77. The molecular formula is C14H20ClNO2. The lowest BCUT2D eigenvalue weighted by Gasteiger charge is -2.23. The fourth-order valence-corrected chi connectivity index (χ4v) is 2.08. The van der Waals surface area contributed by atoms with Gasteiger partial charge in [-0.2, -0.15) is 0 Å². The molecule has 4 heteroatoms. The number of fused-ring (bicyclic) bond motifs is 1. The van der Waals surface area contributed by atoms with Crippen molar-refractivity contribution in [2.75, 3.05) is 13.3 Å². The van der Waals surface area contributed by atoms with Crippen LogP contribution in [0, 0.1) is 5.41 Å². The second-order valence-corrected chi connectivity index (χ2v) is 5.84. The van der Waals surface area contributed by atoms with Gasteiger partial charge in [0.25, 0.3) is 0 Å². The summed E-state index contributed by atoms with van der Waals surface area (Å²) >= 11 is 6.14. The number of rotatable bonds is 5. The molecule has 0 aromatic heterocycles. The van der Waals surface area contributed by atoms with Gasteiger partial charge in [-0.25, -0.2) is 0 Å². The fourth-order valence-electron chi connectivity index (χ4n) is 1.79. The summed E-state index contributed by atoms with van der Waals surface area (Å²) in [5, 5.41) is 4.08. The Balaban J connectivity index is 1.97. The Hall–Kier alpha value is -0.930. The second kappa shape index (κ2) is 5.37. The molecule has 0 saturated carbocycles. The normalized spacial score (nSPS) is 14.0. The molecule has 0 saturated heterocycles. The van der Waals surface area contributed by atoms with E-state index in [1.807, 2.05) is 12.1 Å². The van der Waals surface area contributed by atoms with E-state index >= 15 is 0 Å². The highest BCUT2D eigenvalue weighted by Gasteiger charge is 2.19. The molecule has 3 nitrogen and oxygen atoms in total. The molecule has 2 rings (SSSR count). The Morgan fingerprint density at radius 1 is 1.33 bits per heavy atom. The van der Waals surface area contributed by atoms with Crippen LogP contribution in [0.2, 0.25) is 5.02 Å². The van der Waals surface area contributed by atoms with E-state index in [0.29, 0.717) is 16.2 Å².